The van der Waals surface area contributed by atoms with E-state index in [-0.39, 0.29) is 12.2 Å². The van der Waals surface area contributed by atoms with Crippen molar-refractivity contribution in [1.29, 1.82) is 0 Å². The molecule has 0 amide bonds. The molecule has 0 spiro atoms. The molecule has 100 valence electrons. The zero-order valence-electron chi connectivity index (χ0n) is 10.7. The molecule has 1 atom stereocenters. The van der Waals surface area contributed by atoms with Crippen LogP contribution in [0.4, 0.5) is 0 Å². The lowest BCUT2D eigenvalue weighted by atomic mass is 10.1. The molecule has 0 N–H and O–H groups in total. The molecule has 2 rings (SSSR count). The predicted molar refractivity (Wildman–Crippen MR) is 74.6 cm³/mol. The van der Waals surface area contributed by atoms with Crippen LogP contribution in [0.5, 0.6) is 0 Å². The fourth-order valence-corrected chi connectivity index (χ4v) is 2.08. The summed E-state index contributed by atoms with van der Waals surface area (Å²) >= 11 is 5.90. The van der Waals surface area contributed by atoms with Crippen LogP contribution in [0.2, 0.25) is 5.02 Å². The lowest BCUT2D eigenvalue weighted by Crippen LogP contribution is -2.28. The van der Waals surface area contributed by atoms with Gasteiger partial charge >= 0.3 is 5.97 Å². The van der Waals surface area contributed by atoms with Crippen molar-refractivity contribution in [2.24, 2.45) is 0 Å². The van der Waals surface area contributed by atoms with Crippen molar-refractivity contribution in [3.05, 3.63) is 45.8 Å². The lowest BCUT2D eigenvalue weighted by Gasteiger charge is -2.14. The zero-order valence-corrected chi connectivity index (χ0v) is 11.5. The SMILES string of the molecule is CCOC(=O)C(C)n1ccc2ccc(Cl)cc2c1=O. The summed E-state index contributed by atoms with van der Waals surface area (Å²) in [5.74, 6) is -0.425. The molecule has 5 heteroatoms. The Hall–Kier alpha value is -1.81. The highest BCUT2D eigenvalue weighted by molar-refractivity contribution is 6.31. The minimum atomic E-state index is -0.657. The maximum absolute atomic E-state index is 12.3. The number of pyridine rings is 1. The van der Waals surface area contributed by atoms with Crippen molar-refractivity contribution < 1.29 is 9.53 Å². The Morgan fingerprint density at radius 3 is 2.84 bits per heavy atom. The molecule has 2 aromatic rings. The summed E-state index contributed by atoms with van der Waals surface area (Å²) in [5, 5.41) is 1.78. The van der Waals surface area contributed by atoms with Crippen molar-refractivity contribution in [2.45, 2.75) is 19.9 Å². The van der Waals surface area contributed by atoms with Gasteiger partial charge in [0.25, 0.3) is 5.56 Å². The van der Waals surface area contributed by atoms with E-state index in [1.54, 1.807) is 44.3 Å². The number of ether oxygens (including phenoxy) is 1. The van der Waals surface area contributed by atoms with E-state index in [1.807, 2.05) is 0 Å². The highest BCUT2D eigenvalue weighted by Crippen LogP contribution is 2.17. The first-order chi connectivity index (χ1) is 9.04. The fourth-order valence-electron chi connectivity index (χ4n) is 1.91. The Morgan fingerprint density at radius 1 is 1.42 bits per heavy atom. The lowest BCUT2D eigenvalue weighted by molar-refractivity contribution is -0.146. The predicted octanol–water partition coefficient (Wildman–Crippen LogP) is 2.78. The molecule has 4 nitrogen and oxygen atoms in total. The first kappa shape index (κ1) is 13.6. The van der Waals surface area contributed by atoms with Gasteiger partial charge in [0.1, 0.15) is 6.04 Å². The van der Waals surface area contributed by atoms with Gasteiger partial charge < -0.3 is 9.30 Å². The van der Waals surface area contributed by atoms with Gasteiger partial charge in [-0.1, -0.05) is 17.7 Å². The normalized spacial score (nSPS) is 12.4. The monoisotopic (exact) mass is 279 g/mol. The van der Waals surface area contributed by atoms with Crippen molar-refractivity contribution in [3.8, 4) is 0 Å². The van der Waals surface area contributed by atoms with Crippen LogP contribution < -0.4 is 5.56 Å². The smallest absolute Gasteiger partial charge is 0.328 e. The van der Waals surface area contributed by atoms with Crippen LogP contribution in [-0.2, 0) is 9.53 Å². The van der Waals surface area contributed by atoms with E-state index in [4.69, 9.17) is 16.3 Å². The van der Waals surface area contributed by atoms with Crippen molar-refractivity contribution in [1.82, 2.24) is 4.57 Å². The van der Waals surface area contributed by atoms with E-state index in [2.05, 4.69) is 0 Å². The third-order valence-corrected chi connectivity index (χ3v) is 3.18. The van der Waals surface area contributed by atoms with Gasteiger partial charge in [0, 0.05) is 16.6 Å². The summed E-state index contributed by atoms with van der Waals surface area (Å²) < 4.78 is 6.28. The Labute approximate surface area is 115 Å². The van der Waals surface area contributed by atoms with Gasteiger partial charge in [-0.3, -0.25) is 4.79 Å². The van der Waals surface area contributed by atoms with Crippen molar-refractivity contribution in [3.63, 3.8) is 0 Å². The first-order valence-corrected chi connectivity index (χ1v) is 6.39. The minimum Gasteiger partial charge on any atom is -0.464 e. The molecule has 0 saturated carbocycles. The first-order valence-electron chi connectivity index (χ1n) is 6.01. The number of rotatable bonds is 3. The minimum absolute atomic E-state index is 0.249. The van der Waals surface area contributed by atoms with Crippen LogP contribution >= 0.6 is 11.6 Å². The Kier molecular flexibility index (Phi) is 3.90. The largest absolute Gasteiger partial charge is 0.464 e. The van der Waals surface area contributed by atoms with Crippen molar-refractivity contribution in [2.75, 3.05) is 6.61 Å². The third kappa shape index (κ3) is 2.63. The summed E-state index contributed by atoms with van der Waals surface area (Å²) in [6, 6.07) is 6.23. The fraction of sp³-hybridized carbons (Fsp3) is 0.286. The maximum atomic E-state index is 12.3. The molecule has 1 aromatic heterocycles. The van der Waals surface area contributed by atoms with Gasteiger partial charge in [0.2, 0.25) is 0 Å². The van der Waals surface area contributed by atoms with Crippen LogP contribution in [0, 0.1) is 0 Å². The van der Waals surface area contributed by atoms with Gasteiger partial charge in [-0.15, -0.1) is 0 Å². The number of halogens is 1. The van der Waals surface area contributed by atoms with E-state index in [1.165, 1.54) is 4.57 Å². The van der Waals surface area contributed by atoms with E-state index < -0.39 is 12.0 Å². The number of carbonyl (C=O) groups excluding carboxylic acids is 1. The second kappa shape index (κ2) is 5.45. The topological polar surface area (TPSA) is 48.3 Å². The van der Waals surface area contributed by atoms with E-state index in [0.717, 1.165) is 5.39 Å². The molecule has 1 aromatic carbocycles. The molecule has 19 heavy (non-hydrogen) atoms. The van der Waals surface area contributed by atoms with Crippen LogP contribution in [0.1, 0.15) is 19.9 Å². The number of fused-ring (bicyclic) bond motifs is 1. The van der Waals surface area contributed by atoms with Gasteiger partial charge in [0.15, 0.2) is 0 Å². The zero-order chi connectivity index (χ0) is 14.0. The summed E-state index contributed by atoms with van der Waals surface area (Å²) in [7, 11) is 0. The molecule has 0 aliphatic rings. The summed E-state index contributed by atoms with van der Waals surface area (Å²) in [5.41, 5.74) is -0.249. The molecule has 1 unspecified atom stereocenters. The molecular weight excluding hydrogens is 266 g/mol. The third-order valence-electron chi connectivity index (χ3n) is 2.94. The standard InChI is InChI=1S/C14H14ClNO3/c1-3-19-14(18)9(2)16-7-6-10-4-5-11(15)8-12(10)13(16)17/h4-9H,3H2,1-2H3. The summed E-state index contributed by atoms with van der Waals surface area (Å²) in [6.07, 6.45) is 1.60. The van der Waals surface area contributed by atoms with Crippen molar-refractivity contribution >= 4 is 28.3 Å². The number of esters is 1. The molecule has 0 aliphatic carbocycles. The Bertz CT molecular complexity index is 678. The second-order valence-corrected chi connectivity index (χ2v) is 4.62. The molecule has 0 radical (unpaired) electrons. The Morgan fingerprint density at radius 2 is 2.16 bits per heavy atom. The molecule has 1 heterocycles. The number of benzene rings is 1. The molecule has 0 bridgehead atoms. The highest BCUT2D eigenvalue weighted by Gasteiger charge is 2.17. The van der Waals surface area contributed by atoms with Gasteiger partial charge in [0.05, 0.1) is 6.61 Å². The summed E-state index contributed by atoms with van der Waals surface area (Å²) in [4.78, 5) is 24.0. The maximum Gasteiger partial charge on any atom is 0.328 e. The average molecular weight is 280 g/mol. The molecule has 0 saturated heterocycles. The van der Waals surface area contributed by atoms with Gasteiger partial charge in [-0.25, -0.2) is 4.79 Å². The number of hydrogen-bond donors (Lipinski definition) is 0. The van der Waals surface area contributed by atoms with Crippen LogP contribution in [0.15, 0.2) is 35.3 Å². The number of aromatic nitrogens is 1. The van der Waals surface area contributed by atoms with Gasteiger partial charge in [-0.2, -0.15) is 0 Å². The Balaban J connectivity index is 2.53. The van der Waals surface area contributed by atoms with Gasteiger partial charge in [-0.05, 0) is 37.4 Å². The second-order valence-electron chi connectivity index (χ2n) is 4.19. The quantitative estimate of drug-likeness (QED) is 0.812. The average Bonchev–Trinajstić information content (AvgIpc) is 2.39. The highest BCUT2D eigenvalue weighted by atomic mass is 35.5. The van der Waals surface area contributed by atoms with Crippen LogP contribution in [-0.4, -0.2) is 17.1 Å². The molecule has 0 fully saturated rings. The van der Waals surface area contributed by atoms with Crippen LogP contribution in [0.25, 0.3) is 10.8 Å². The molecular formula is C14H14ClNO3. The number of hydrogen-bond acceptors (Lipinski definition) is 3. The van der Waals surface area contributed by atoms with E-state index in [0.29, 0.717) is 10.4 Å². The number of carbonyl (C=O) groups is 1. The van der Waals surface area contributed by atoms with E-state index >= 15 is 0 Å². The number of nitrogens with zero attached hydrogens (tertiary/aromatic N) is 1. The summed E-state index contributed by atoms with van der Waals surface area (Å²) in [6.45, 7) is 3.65. The molecule has 0 aliphatic heterocycles. The van der Waals surface area contributed by atoms with Crippen LogP contribution in [0.3, 0.4) is 0 Å². The van der Waals surface area contributed by atoms with E-state index in [9.17, 15) is 9.59 Å².